The van der Waals surface area contributed by atoms with E-state index in [1.807, 2.05) is 0 Å². The third-order valence-electron chi connectivity index (χ3n) is 4.10. The van der Waals surface area contributed by atoms with Gasteiger partial charge in [0.15, 0.2) is 0 Å². The molecule has 0 amide bonds. The molecule has 1 fully saturated rings. The lowest BCUT2D eigenvalue weighted by molar-refractivity contribution is 0.0904. The highest BCUT2D eigenvalue weighted by atomic mass is 19.1. The highest BCUT2D eigenvalue weighted by Crippen LogP contribution is 2.43. The second kappa shape index (κ2) is 4.37. The number of hydrogen-bond acceptors (Lipinski definition) is 1. The number of rotatable bonds is 2. The zero-order valence-corrected chi connectivity index (χ0v) is 10.2. The van der Waals surface area contributed by atoms with Crippen LogP contribution in [0.5, 0.6) is 0 Å². The van der Waals surface area contributed by atoms with Gasteiger partial charge in [0.1, 0.15) is 11.5 Å². The number of halogens is 2. The Morgan fingerprint density at radius 3 is 2.12 bits per heavy atom. The first-order chi connectivity index (χ1) is 7.97. The van der Waals surface area contributed by atoms with Crippen LogP contribution in [0, 0.1) is 5.82 Å². The molecule has 2 N–H and O–H groups in total. The van der Waals surface area contributed by atoms with Crippen LogP contribution in [0.4, 0.5) is 8.78 Å². The van der Waals surface area contributed by atoms with Crippen molar-refractivity contribution in [3.8, 4) is 0 Å². The summed E-state index contributed by atoms with van der Waals surface area (Å²) in [7, 11) is 0. The van der Waals surface area contributed by atoms with Gasteiger partial charge in [-0.05, 0) is 50.3 Å². The van der Waals surface area contributed by atoms with Crippen LogP contribution in [0.15, 0.2) is 24.3 Å². The summed E-state index contributed by atoms with van der Waals surface area (Å²) in [6, 6.07) is 6.47. The maximum Gasteiger partial charge on any atom is 0.123 e. The highest BCUT2D eigenvalue weighted by Gasteiger charge is 2.40. The Balaban J connectivity index is 2.24. The topological polar surface area (TPSA) is 26.0 Å². The van der Waals surface area contributed by atoms with Crippen LogP contribution in [-0.2, 0) is 5.41 Å². The van der Waals surface area contributed by atoms with Crippen molar-refractivity contribution < 1.29 is 8.78 Å². The molecule has 3 heteroatoms. The minimum Gasteiger partial charge on any atom is -0.330 e. The lowest BCUT2D eigenvalue weighted by Crippen LogP contribution is -2.42. The average Bonchev–Trinajstić information content (AvgIpc) is 2.31. The number of nitrogens with two attached hydrogens (primary N) is 1. The molecule has 94 valence electrons. The molecule has 0 aliphatic heterocycles. The Morgan fingerprint density at radius 2 is 1.65 bits per heavy atom. The van der Waals surface area contributed by atoms with Gasteiger partial charge in [-0.3, -0.25) is 0 Å². The van der Waals surface area contributed by atoms with Crippen LogP contribution in [0.25, 0.3) is 0 Å². The molecule has 2 rings (SSSR count). The van der Waals surface area contributed by atoms with Crippen LogP contribution in [0.1, 0.15) is 38.2 Å². The molecule has 0 radical (unpaired) electrons. The quantitative estimate of drug-likeness (QED) is 0.841. The van der Waals surface area contributed by atoms with E-state index in [0.29, 0.717) is 19.4 Å². The molecule has 1 aromatic carbocycles. The molecule has 1 aliphatic rings. The summed E-state index contributed by atoms with van der Waals surface area (Å²) in [5, 5.41) is 0. The molecule has 0 spiro atoms. The second-order valence-corrected chi connectivity index (χ2v) is 5.40. The van der Waals surface area contributed by atoms with Gasteiger partial charge in [0.2, 0.25) is 0 Å². The number of hydrogen-bond donors (Lipinski definition) is 1. The van der Waals surface area contributed by atoms with Gasteiger partial charge in [-0.25, -0.2) is 8.78 Å². The van der Waals surface area contributed by atoms with Crippen molar-refractivity contribution in [2.24, 2.45) is 5.73 Å². The average molecular weight is 239 g/mol. The Morgan fingerprint density at radius 1 is 1.12 bits per heavy atom. The molecular weight excluding hydrogens is 220 g/mol. The SMILES string of the molecule is CC1(F)CCC(CN)(c2ccc(F)cc2)CC1. The molecule has 0 bridgehead atoms. The van der Waals surface area contributed by atoms with Gasteiger partial charge < -0.3 is 5.73 Å². The first-order valence-electron chi connectivity index (χ1n) is 6.13. The van der Waals surface area contributed by atoms with Crippen molar-refractivity contribution >= 4 is 0 Å². The lowest BCUT2D eigenvalue weighted by Gasteiger charge is -2.41. The van der Waals surface area contributed by atoms with Crippen LogP contribution >= 0.6 is 0 Å². The molecule has 0 heterocycles. The van der Waals surface area contributed by atoms with Crippen LogP contribution in [0.2, 0.25) is 0 Å². The van der Waals surface area contributed by atoms with Crippen LogP contribution < -0.4 is 5.73 Å². The highest BCUT2D eigenvalue weighted by molar-refractivity contribution is 5.27. The van der Waals surface area contributed by atoms with Gasteiger partial charge in [0.25, 0.3) is 0 Å². The maximum atomic E-state index is 13.8. The summed E-state index contributed by atoms with van der Waals surface area (Å²) in [4.78, 5) is 0. The summed E-state index contributed by atoms with van der Waals surface area (Å²) in [6.07, 6.45) is 2.54. The van der Waals surface area contributed by atoms with E-state index in [0.717, 1.165) is 18.4 Å². The second-order valence-electron chi connectivity index (χ2n) is 5.40. The van der Waals surface area contributed by atoms with Crippen molar-refractivity contribution in [1.29, 1.82) is 0 Å². The fraction of sp³-hybridized carbons (Fsp3) is 0.571. The summed E-state index contributed by atoms with van der Waals surface area (Å²) >= 11 is 0. The van der Waals surface area contributed by atoms with Gasteiger partial charge in [-0.15, -0.1) is 0 Å². The van der Waals surface area contributed by atoms with E-state index >= 15 is 0 Å². The Kier molecular flexibility index (Phi) is 3.21. The summed E-state index contributed by atoms with van der Waals surface area (Å²) in [5.74, 6) is -0.243. The standard InChI is InChI=1S/C14H19F2N/c1-13(16)6-8-14(10-17,9-7-13)11-2-4-12(15)5-3-11/h2-5H,6-10,17H2,1H3. The van der Waals surface area contributed by atoms with Crippen molar-refractivity contribution in [3.05, 3.63) is 35.6 Å². The minimum atomic E-state index is -1.07. The van der Waals surface area contributed by atoms with Gasteiger partial charge in [-0.2, -0.15) is 0 Å². The Bertz CT molecular complexity index is 374. The summed E-state index contributed by atoms with van der Waals surface area (Å²) in [6.45, 7) is 2.15. The zero-order chi connectivity index (χ0) is 12.5. The molecule has 0 saturated heterocycles. The molecule has 1 saturated carbocycles. The first-order valence-corrected chi connectivity index (χ1v) is 6.13. The normalized spacial score (nSPS) is 33.6. The van der Waals surface area contributed by atoms with E-state index in [1.54, 1.807) is 19.1 Å². The van der Waals surface area contributed by atoms with E-state index < -0.39 is 5.67 Å². The maximum absolute atomic E-state index is 13.8. The largest absolute Gasteiger partial charge is 0.330 e. The van der Waals surface area contributed by atoms with E-state index in [4.69, 9.17) is 5.73 Å². The van der Waals surface area contributed by atoms with E-state index in [9.17, 15) is 8.78 Å². The molecule has 1 nitrogen and oxygen atoms in total. The lowest BCUT2D eigenvalue weighted by atomic mass is 9.66. The van der Waals surface area contributed by atoms with Crippen molar-refractivity contribution in [1.82, 2.24) is 0 Å². The fourth-order valence-corrected chi connectivity index (χ4v) is 2.66. The third-order valence-corrected chi connectivity index (χ3v) is 4.10. The predicted molar refractivity (Wildman–Crippen MR) is 65.1 cm³/mol. The fourth-order valence-electron chi connectivity index (χ4n) is 2.66. The van der Waals surface area contributed by atoms with Gasteiger partial charge >= 0.3 is 0 Å². The predicted octanol–water partition coefficient (Wildman–Crippen LogP) is 3.32. The van der Waals surface area contributed by atoms with Gasteiger partial charge in [0.05, 0.1) is 0 Å². The number of alkyl halides is 1. The smallest absolute Gasteiger partial charge is 0.123 e. The molecule has 0 aromatic heterocycles. The molecule has 0 atom stereocenters. The monoisotopic (exact) mass is 239 g/mol. The van der Waals surface area contributed by atoms with Gasteiger partial charge in [0, 0.05) is 12.0 Å². The molecular formula is C14H19F2N. The summed E-state index contributed by atoms with van der Waals surface area (Å²) in [5.41, 5.74) is 5.68. The summed E-state index contributed by atoms with van der Waals surface area (Å²) < 4.78 is 26.7. The Hall–Kier alpha value is -0.960. The van der Waals surface area contributed by atoms with E-state index in [1.165, 1.54) is 12.1 Å². The van der Waals surface area contributed by atoms with E-state index in [-0.39, 0.29) is 11.2 Å². The Labute approximate surface area is 101 Å². The molecule has 1 aromatic rings. The van der Waals surface area contributed by atoms with Gasteiger partial charge in [-0.1, -0.05) is 12.1 Å². The third kappa shape index (κ3) is 2.49. The number of benzene rings is 1. The first kappa shape index (κ1) is 12.5. The minimum absolute atomic E-state index is 0.167. The van der Waals surface area contributed by atoms with Crippen LogP contribution in [-0.4, -0.2) is 12.2 Å². The van der Waals surface area contributed by atoms with Crippen LogP contribution in [0.3, 0.4) is 0 Å². The molecule has 17 heavy (non-hydrogen) atoms. The zero-order valence-electron chi connectivity index (χ0n) is 10.2. The van der Waals surface area contributed by atoms with Crippen molar-refractivity contribution in [2.75, 3.05) is 6.54 Å². The molecule has 0 unspecified atom stereocenters. The van der Waals surface area contributed by atoms with E-state index in [2.05, 4.69) is 0 Å². The molecule has 1 aliphatic carbocycles. The van der Waals surface area contributed by atoms with Crippen molar-refractivity contribution in [3.63, 3.8) is 0 Å². The van der Waals surface area contributed by atoms with Crippen molar-refractivity contribution in [2.45, 2.75) is 43.7 Å².